The van der Waals surface area contributed by atoms with E-state index >= 15 is 0 Å². The maximum Gasteiger partial charge on any atom is 0.435 e. The molecule has 10 heteroatoms. The number of carbonyl (C=O) groups is 1. The van der Waals surface area contributed by atoms with Crippen LogP contribution in [0.5, 0.6) is 0 Å². The van der Waals surface area contributed by atoms with Crippen molar-refractivity contribution in [1.82, 2.24) is 4.98 Å². The maximum absolute atomic E-state index is 12.9. The van der Waals surface area contributed by atoms with E-state index in [2.05, 4.69) is 15.2 Å². The summed E-state index contributed by atoms with van der Waals surface area (Å²) in [5, 5.41) is 11.5. The molecule has 2 aromatic rings. The zero-order valence-electron chi connectivity index (χ0n) is 12.8. The molecule has 1 saturated heterocycles. The normalized spacial score (nSPS) is 15.2. The van der Waals surface area contributed by atoms with Gasteiger partial charge in [0.15, 0.2) is 10.8 Å². The van der Waals surface area contributed by atoms with Gasteiger partial charge < -0.3 is 20.1 Å². The molecule has 134 valence electrons. The molecule has 0 amide bonds. The Hall–Kier alpha value is -2.33. The second-order valence-corrected chi connectivity index (χ2v) is 6.27. The van der Waals surface area contributed by atoms with E-state index in [1.807, 2.05) is 12.1 Å². The first kappa shape index (κ1) is 17.5. The topological polar surface area (TPSA) is 74.7 Å². The molecule has 2 N–H and O–H groups in total. The van der Waals surface area contributed by atoms with Crippen LogP contribution in [0.15, 0.2) is 24.3 Å². The number of aromatic nitrogens is 1. The summed E-state index contributed by atoms with van der Waals surface area (Å²) in [4.78, 5) is 15.7. The van der Waals surface area contributed by atoms with E-state index in [4.69, 9.17) is 9.84 Å². The van der Waals surface area contributed by atoms with Crippen LogP contribution in [-0.2, 0) is 10.9 Å². The van der Waals surface area contributed by atoms with E-state index in [-0.39, 0.29) is 5.13 Å². The maximum atomic E-state index is 12.9. The summed E-state index contributed by atoms with van der Waals surface area (Å²) < 4.78 is 43.9. The standard InChI is InChI=1S/C15H14F3N3O3S/c16-15(17,18)12-11(13(22)23)25-14(20-12)19-9-1-3-10(4-2-9)21-5-7-24-8-6-21/h1-4H,5-8H2,(H,19,20)(H,22,23). The highest BCUT2D eigenvalue weighted by molar-refractivity contribution is 7.17. The first-order chi connectivity index (χ1) is 11.8. The highest BCUT2D eigenvalue weighted by Crippen LogP contribution is 2.37. The third kappa shape index (κ3) is 4.02. The number of nitrogens with one attached hydrogen (secondary N) is 1. The summed E-state index contributed by atoms with van der Waals surface area (Å²) in [5.74, 6) is -1.65. The van der Waals surface area contributed by atoms with Crippen LogP contribution in [-0.4, -0.2) is 42.4 Å². The Kier molecular flexibility index (Phi) is 4.82. The molecule has 25 heavy (non-hydrogen) atoms. The van der Waals surface area contributed by atoms with Crippen LogP contribution in [0.25, 0.3) is 0 Å². The molecule has 1 aromatic carbocycles. The van der Waals surface area contributed by atoms with Gasteiger partial charge in [-0.05, 0) is 24.3 Å². The number of carboxylic acid groups (broad SMARTS) is 1. The van der Waals surface area contributed by atoms with Crippen molar-refractivity contribution in [2.75, 3.05) is 36.5 Å². The van der Waals surface area contributed by atoms with Gasteiger partial charge in [0.2, 0.25) is 0 Å². The summed E-state index contributed by atoms with van der Waals surface area (Å²) >= 11 is 0.453. The Labute approximate surface area is 144 Å². The number of nitrogens with zero attached hydrogens (tertiary/aromatic N) is 2. The summed E-state index contributed by atoms with van der Waals surface area (Å²) in [5.41, 5.74) is 0.115. The van der Waals surface area contributed by atoms with Crippen LogP contribution in [0.4, 0.5) is 29.7 Å². The van der Waals surface area contributed by atoms with Gasteiger partial charge >= 0.3 is 12.1 Å². The molecule has 1 aliphatic heterocycles. The number of anilines is 3. The van der Waals surface area contributed by atoms with E-state index in [0.717, 1.165) is 18.8 Å². The molecule has 0 aliphatic carbocycles. The Balaban J connectivity index is 1.77. The Morgan fingerprint density at radius 2 is 1.88 bits per heavy atom. The predicted molar refractivity (Wildman–Crippen MR) is 86.8 cm³/mol. The molecule has 0 bridgehead atoms. The Morgan fingerprint density at radius 3 is 2.40 bits per heavy atom. The first-order valence-electron chi connectivity index (χ1n) is 7.35. The van der Waals surface area contributed by atoms with E-state index in [1.54, 1.807) is 12.1 Å². The lowest BCUT2D eigenvalue weighted by atomic mass is 10.2. The lowest BCUT2D eigenvalue weighted by Crippen LogP contribution is -2.36. The number of ether oxygens (including phenoxy) is 1. The summed E-state index contributed by atoms with van der Waals surface area (Å²) in [7, 11) is 0. The highest BCUT2D eigenvalue weighted by atomic mass is 32.1. The SMILES string of the molecule is O=C(O)c1sc(Nc2ccc(N3CCOCC3)cc2)nc1C(F)(F)F. The van der Waals surface area contributed by atoms with Gasteiger partial charge in [-0.25, -0.2) is 9.78 Å². The van der Waals surface area contributed by atoms with Crippen LogP contribution in [0, 0.1) is 0 Å². The van der Waals surface area contributed by atoms with Crippen molar-refractivity contribution < 1.29 is 27.8 Å². The number of morpholine rings is 1. The second kappa shape index (κ2) is 6.89. The number of thiazole rings is 1. The quantitative estimate of drug-likeness (QED) is 0.855. The molecule has 1 aromatic heterocycles. The number of benzene rings is 1. The predicted octanol–water partition coefficient (Wildman–Crippen LogP) is 3.44. The van der Waals surface area contributed by atoms with Gasteiger partial charge in [-0.2, -0.15) is 13.2 Å². The lowest BCUT2D eigenvalue weighted by molar-refractivity contribution is -0.141. The van der Waals surface area contributed by atoms with Gasteiger partial charge in [-0.15, -0.1) is 0 Å². The fraction of sp³-hybridized carbons (Fsp3) is 0.333. The van der Waals surface area contributed by atoms with Crippen molar-refractivity contribution in [3.05, 3.63) is 34.8 Å². The lowest BCUT2D eigenvalue weighted by Gasteiger charge is -2.28. The van der Waals surface area contributed by atoms with E-state index in [9.17, 15) is 18.0 Å². The number of halogens is 3. The molecule has 6 nitrogen and oxygen atoms in total. The van der Waals surface area contributed by atoms with Crippen LogP contribution in [0.1, 0.15) is 15.4 Å². The van der Waals surface area contributed by atoms with E-state index < -0.39 is 22.7 Å². The zero-order chi connectivity index (χ0) is 18.0. The van der Waals surface area contributed by atoms with Crippen molar-refractivity contribution in [2.24, 2.45) is 0 Å². The Bertz CT molecular complexity index is 756. The molecule has 1 aliphatic rings. The van der Waals surface area contributed by atoms with Gasteiger partial charge in [-0.1, -0.05) is 11.3 Å². The van der Waals surface area contributed by atoms with Crippen molar-refractivity contribution >= 4 is 33.8 Å². The summed E-state index contributed by atoms with van der Waals surface area (Å²) in [6.07, 6.45) is -4.82. The van der Waals surface area contributed by atoms with Gasteiger partial charge in [0.1, 0.15) is 4.88 Å². The van der Waals surface area contributed by atoms with E-state index in [1.165, 1.54) is 0 Å². The molecule has 0 radical (unpaired) electrons. The van der Waals surface area contributed by atoms with Crippen LogP contribution < -0.4 is 10.2 Å². The molecular formula is C15H14F3N3O3S. The molecule has 2 heterocycles. The fourth-order valence-electron chi connectivity index (χ4n) is 2.41. The van der Waals surface area contributed by atoms with Gasteiger partial charge in [0.05, 0.1) is 13.2 Å². The number of hydrogen-bond acceptors (Lipinski definition) is 6. The van der Waals surface area contributed by atoms with Crippen LogP contribution in [0.3, 0.4) is 0 Å². The Morgan fingerprint density at radius 1 is 1.24 bits per heavy atom. The number of hydrogen-bond donors (Lipinski definition) is 2. The molecule has 0 spiro atoms. The zero-order valence-corrected chi connectivity index (χ0v) is 13.7. The fourth-order valence-corrected chi connectivity index (χ4v) is 3.26. The van der Waals surface area contributed by atoms with Crippen LogP contribution in [0.2, 0.25) is 0 Å². The largest absolute Gasteiger partial charge is 0.477 e. The highest BCUT2D eigenvalue weighted by Gasteiger charge is 2.39. The molecule has 0 atom stereocenters. The monoisotopic (exact) mass is 373 g/mol. The number of alkyl halides is 3. The molecular weight excluding hydrogens is 359 g/mol. The van der Waals surface area contributed by atoms with Crippen molar-refractivity contribution in [3.8, 4) is 0 Å². The molecule has 0 unspecified atom stereocenters. The van der Waals surface area contributed by atoms with Gasteiger partial charge in [0, 0.05) is 24.5 Å². The average molecular weight is 373 g/mol. The third-order valence-electron chi connectivity index (χ3n) is 3.58. The van der Waals surface area contributed by atoms with E-state index in [0.29, 0.717) is 30.2 Å². The number of carboxylic acids is 1. The number of rotatable bonds is 4. The second-order valence-electron chi connectivity index (χ2n) is 5.27. The minimum Gasteiger partial charge on any atom is -0.477 e. The minimum atomic E-state index is -4.82. The van der Waals surface area contributed by atoms with Crippen molar-refractivity contribution in [3.63, 3.8) is 0 Å². The average Bonchev–Trinajstić information content (AvgIpc) is 3.01. The van der Waals surface area contributed by atoms with Gasteiger partial charge in [0.25, 0.3) is 0 Å². The van der Waals surface area contributed by atoms with Crippen molar-refractivity contribution in [1.29, 1.82) is 0 Å². The molecule has 3 rings (SSSR count). The first-order valence-corrected chi connectivity index (χ1v) is 8.17. The third-order valence-corrected chi connectivity index (χ3v) is 4.54. The molecule has 0 saturated carbocycles. The van der Waals surface area contributed by atoms with Gasteiger partial charge in [-0.3, -0.25) is 0 Å². The summed E-state index contributed by atoms with van der Waals surface area (Å²) in [6, 6.07) is 7.09. The van der Waals surface area contributed by atoms with Crippen molar-refractivity contribution in [2.45, 2.75) is 6.18 Å². The summed E-state index contributed by atoms with van der Waals surface area (Å²) in [6.45, 7) is 2.85. The smallest absolute Gasteiger partial charge is 0.435 e. The minimum absolute atomic E-state index is 0.121. The van der Waals surface area contributed by atoms with Crippen LogP contribution >= 0.6 is 11.3 Å². The number of aromatic carboxylic acids is 1. The molecule has 1 fully saturated rings.